The van der Waals surface area contributed by atoms with Gasteiger partial charge in [-0.15, -0.1) is 11.3 Å². The number of carbonyl (C=O) groups excluding carboxylic acids is 1. The maximum absolute atomic E-state index is 12.6. The molecule has 1 aliphatic carbocycles. The van der Waals surface area contributed by atoms with Crippen LogP contribution in [0.5, 0.6) is 0 Å². The lowest BCUT2D eigenvalue weighted by atomic mass is 10.0. The molecule has 2 fully saturated rings. The first-order valence-electron chi connectivity index (χ1n) is 8.32. The number of nitrogens with zero attached hydrogens (tertiary/aromatic N) is 2. The zero-order chi connectivity index (χ0) is 15.6. The summed E-state index contributed by atoms with van der Waals surface area (Å²) in [5, 5.41) is 4.41. The van der Waals surface area contributed by atoms with Gasteiger partial charge in [0.25, 0.3) is 5.91 Å². The van der Waals surface area contributed by atoms with Crippen LogP contribution in [-0.2, 0) is 0 Å². The van der Waals surface area contributed by atoms with Gasteiger partial charge in [-0.1, -0.05) is 0 Å². The Hall–Kier alpha value is -1.66. The Bertz CT molecular complexity index is 655. The van der Waals surface area contributed by atoms with Gasteiger partial charge in [0.2, 0.25) is 0 Å². The number of nitrogens with one attached hydrogen (secondary N) is 1. The first-order valence-corrected chi connectivity index (χ1v) is 9.13. The second-order valence-corrected chi connectivity index (χ2v) is 7.46. The van der Waals surface area contributed by atoms with E-state index < -0.39 is 0 Å². The van der Waals surface area contributed by atoms with Crippen molar-refractivity contribution in [3.8, 4) is 10.8 Å². The molecule has 6 heteroatoms. The third-order valence-electron chi connectivity index (χ3n) is 4.62. The minimum atomic E-state index is 0.0981. The second-order valence-electron chi connectivity index (χ2n) is 6.43. The van der Waals surface area contributed by atoms with E-state index in [1.165, 1.54) is 24.2 Å². The van der Waals surface area contributed by atoms with E-state index in [1.807, 2.05) is 17.0 Å². The van der Waals surface area contributed by atoms with Crippen LogP contribution in [0.3, 0.4) is 0 Å². The average molecular weight is 331 g/mol. The number of thiazole rings is 1. The van der Waals surface area contributed by atoms with Crippen molar-refractivity contribution >= 4 is 17.2 Å². The van der Waals surface area contributed by atoms with Gasteiger partial charge in [0.15, 0.2) is 10.8 Å². The second kappa shape index (κ2) is 6.45. The van der Waals surface area contributed by atoms with E-state index in [1.54, 1.807) is 12.5 Å². The highest BCUT2D eigenvalue weighted by Gasteiger charge is 2.27. The normalized spacial score (nSPS) is 19.2. The van der Waals surface area contributed by atoms with Gasteiger partial charge in [0, 0.05) is 19.1 Å². The molecule has 1 saturated carbocycles. The van der Waals surface area contributed by atoms with Crippen LogP contribution in [0.1, 0.15) is 35.4 Å². The highest BCUT2D eigenvalue weighted by atomic mass is 32.1. The number of furan rings is 1. The number of carbonyl (C=O) groups is 1. The number of rotatable bonds is 5. The van der Waals surface area contributed by atoms with Gasteiger partial charge in [0.1, 0.15) is 4.88 Å². The fourth-order valence-corrected chi connectivity index (χ4v) is 3.84. The molecular weight excluding hydrogens is 310 g/mol. The molecule has 3 heterocycles. The molecule has 1 aliphatic heterocycles. The molecule has 5 nitrogen and oxygen atoms in total. The summed E-state index contributed by atoms with van der Waals surface area (Å²) in [7, 11) is 0. The topological polar surface area (TPSA) is 58.4 Å². The molecule has 1 N–H and O–H groups in total. The summed E-state index contributed by atoms with van der Waals surface area (Å²) in [6.45, 7) is 2.81. The van der Waals surface area contributed by atoms with E-state index in [9.17, 15) is 4.79 Å². The van der Waals surface area contributed by atoms with Crippen LogP contribution >= 0.6 is 11.3 Å². The molecule has 23 heavy (non-hydrogen) atoms. The predicted molar refractivity (Wildman–Crippen MR) is 89.5 cm³/mol. The molecule has 0 spiro atoms. The minimum Gasteiger partial charge on any atom is -0.462 e. The molecule has 0 radical (unpaired) electrons. The minimum absolute atomic E-state index is 0.0981. The van der Waals surface area contributed by atoms with Crippen molar-refractivity contribution in [3.63, 3.8) is 0 Å². The quantitative estimate of drug-likeness (QED) is 0.915. The molecule has 0 bridgehead atoms. The van der Waals surface area contributed by atoms with Crippen molar-refractivity contribution in [2.45, 2.75) is 31.7 Å². The van der Waals surface area contributed by atoms with Crippen LogP contribution in [0.4, 0.5) is 0 Å². The lowest BCUT2D eigenvalue weighted by Gasteiger charge is -2.32. The largest absolute Gasteiger partial charge is 0.462 e. The Morgan fingerprint density at radius 2 is 2.17 bits per heavy atom. The molecule has 0 unspecified atom stereocenters. The molecule has 0 atom stereocenters. The summed E-state index contributed by atoms with van der Waals surface area (Å²) in [6.07, 6.45) is 8.14. The van der Waals surface area contributed by atoms with Crippen LogP contribution in [0.15, 0.2) is 29.0 Å². The number of likely N-dealkylation sites (tertiary alicyclic amines) is 1. The summed E-state index contributed by atoms with van der Waals surface area (Å²) in [5.74, 6) is 1.73. The first-order chi connectivity index (χ1) is 11.3. The van der Waals surface area contributed by atoms with E-state index in [0.717, 1.165) is 49.2 Å². The van der Waals surface area contributed by atoms with Crippen LogP contribution in [0, 0.1) is 5.92 Å². The van der Waals surface area contributed by atoms with Crippen LogP contribution in [-0.4, -0.2) is 41.5 Å². The Morgan fingerprint density at radius 3 is 2.87 bits per heavy atom. The van der Waals surface area contributed by atoms with E-state index in [2.05, 4.69) is 10.3 Å². The van der Waals surface area contributed by atoms with Crippen molar-refractivity contribution in [1.29, 1.82) is 0 Å². The summed E-state index contributed by atoms with van der Waals surface area (Å²) in [5.41, 5.74) is 0. The average Bonchev–Trinajstić information content (AvgIpc) is 3.04. The summed E-state index contributed by atoms with van der Waals surface area (Å²) >= 11 is 1.40. The zero-order valence-corrected chi connectivity index (χ0v) is 13.8. The third-order valence-corrected chi connectivity index (χ3v) is 5.62. The van der Waals surface area contributed by atoms with Crippen LogP contribution in [0.25, 0.3) is 10.8 Å². The standard InChI is InChI=1S/C17H21N3O2S/c21-17(15-11-19-16(23-15)14-2-1-9-22-14)20-7-5-13(6-8-20)18-10-12-3-4-12/h1-2,9,11-13,18H,3-8,10H2. The predicted octanol–water partition coefficient (Wildman–Crippen LogP) is 3.01. The van der Waals surface area contributed by atoms with Gasteiger partial charge in [0.05, 0.1) is 12.5 Å². The van der Waals surface area contributed by atoms with Gasteiger partial charge in [-0.05, 0) is 50.3 Å². The maximum atomic E-state index is 12.6. The van der Waals surface area contributed by atoms with Crippen LogP contribution in [0.2, 0.25) is 0 Å². The Balaban J connectivity index is 1.32. The molecule has 1 saturated heterocycles. The van der Waals surface area contributed by atoms with Gasteiger partial charge in [-0.3, -0.25) is 4.79 Å². The fourth-order valence-electron chi connectivity index (χ4n) is 2.98. The molecule has 0 aromatic carbocycles. The van der Waals surface area contributed by atoms with Crippen molar-refractivity contribution in [1.82, 2.24) is 15.2 Å². The number of amides is 1. The van der Waals surface area contributed by atoms with Crippen molar-refractivity contribution in [3.05, 3.63) is 29.5 Å². The number of piperidine rings is 1. The first kappa shape index (κ1) is 14.9. The monoisotopic (exact) mass is 331 g/mol. The molecular formula is C17H21N3O2S. The van der Waals surface area contributed by atoms with Crippen LogP contribution < -0.4 is 5.32 Å². The smallest absolute Gasteiger partial charge is 0.265 e. The van der Waals surface area contributed by atoms with E-state index in [4.69, 9.17) is 4.42 Å². The SMILES string of the molecule is O=C(c1cnc(-c2ccco2)s1)N1CCC(NCC2CC2)CC1. The molecule has 4 rings (SSSR count). The maximum Gasteiger partial charge on any atom is 0.265 e. The van der Waals surface area contributed by atoms with Gasteiger partial charge < -0.3 is 14.6 Å². The third kappa shape index (κ3) is 3.48. The van der Waals surface area contributed by atoms with Crippen molar-refractivity contribution in [2.75, 3.05) is 19.6 Å². The highest BCUT2D eigenvalue weighted by molar-refractivity contribution is 7.16. The Labute approximate surface area is 139 Å². The van der Waals surface area contributed by atoms with Crippen molar-refractivity contribution < 1.29 is 9.21 Å². The number of hydrogen-bond acceptors (Lipinski definition) is 5. The molecule has 2 aromatic heterocycles. The summed E-state index contributed by atoms with van der Waals surface area (Å²) < 4.78 is 5.34. The molecule has 122 valence electrons. The van der Waals surface area contributed by atoms with Crippen molar-refractivity contribution in [2.24, 2.45) is 5.92 Å². The van der Waals surface area contributed by atoms with Gasteiger partial charge in [-0.2, -0.15) is 0 Å². The van der Waals surface area contributed by atoms with E-state index >= 15 is 0 Å². The summed E-state index contributed by atoms with van der Waals surface area (Å²) in [6, 6.07) is 4.27. The Morgan fingerprint density at radius 1 is 1.35 bits per heavy atom. The highest BCUT2D eigenvalue weighted by Crippen LogP contribution is 2.29. The molecule has 1 amide bonds. The van der Waals surface area contributed by atoms with E-state index in [-0.39, 0.29) is 5.91 Å². The fraction of sp³-hybridized carbons (Fsp3) is 0.529. The Kier molecular flexibility index (Phi) is 4.18. The van der Waals surface area contributed by atoms with E-state index in [0.29, 0.717) is 10.9 Å². The summed E-state index contributed by atoms with van der Waals surface area (Å²) in [4.78, 5) is 19.6. The molecule has 2 aromatic rings. The van der Waals surface area contributed by atoms with Gasteiger partial charge in [-0.25, -0.2) is 4.98 Å². The number of hydrogen-bond donors (Lipinski definition) is 1. The molecule has 2 aliphatic rings. The zero-order valence-electron chi connectivity index (χ0n) is 13.0. The lowest BCUT2D eigenvalue weighted by Crippen LogP contribution is -2.45. The van der Waals surface area contributed by atoms with Gasteiger partial charge >= 0.3 is 0 Å². The lowest BCUT2D eigenvalue weighted by molar-refractivity contribution is 0.0709. The number of aromatic nitrogens is 1.